The van der Waals surface area contributed by atoms with Gasteiger partial charge in [-0.3, -0.25) is 14.5 Å². The number of rotatable bonds is 8. The van der Waals surface area contributed by atoms with Crippen molar-refractivity contribution in [3.8, 4) is 11.5 Å². The van der Waals surface area contributed by atoms with Crippen molar-refractivity contribution in [1.82, 2.24) is 4.90 Å². The quantitative estimate of drug-likeness (QED) is 0.241. The van der Waals surface area contributed by atoms with E-state index in [1.165, 1.54) is 6.07 Å². The Morgan fingerprint density at radius 2 is 1.78 bits per heavy atom. The zero-order chi connectivity index (χ0) is 25.8. The molecule has 5 nitrogen and oxygen atoms in total. The highest BCUT2D eigenvalue weighted by molar-refractivity contribution is 9.10. The summed E-state index contributed by atoms with van der Waals surface area (Å²) in [5.74, 6) is 0.00205. The maximum atomic E-state index is 14.0. The Morgan fingerprint density at radius 3 is 2.47 bits per heavy atom. The van der Waals surface area contributed by atoms with Crippen molar-refractivity contribution < 1.29 is 23.5 Å². The molecule has 1 aliphatic rings. The fourth-order valence-electron chi connectivity index (χ4n) is 3.47. The number of benzene rings is 3. The fourth-order valence-corrected chi connectivity index (χ4v) is 5.40. The number of hydrogen-bond acceptors (Lipinski definition) is 5. The van der Waals surface area contributed by atoms with Crippen molar-refractivity contribution in [1.29, 1.82) is 0 Å². The summed E-state index contributed by atoms with van der Waals surface area (Å²) in [6.45, 7) is 2.17. The van der Waals surface area contributed by atoms with Crippen LogP contribution in [0.4, 0.5) is 9.18 Å². The van der Waals surface area contributed by atoms with E-state index in [2.05, 4.69) is 15.9 Å². The van der Waals surface area contributed by atoms with Crippen molar-refractivity contribution in [2.24, 2.45) is 0 Å². The second-order valence-corrected chi connectivity index (χ2v) is 10.3. The highest BCUT2D eigenvalue weighted by Gasteiger charge is 2.35. The van der Waals surface area contributed by atoms with Crippen LogP contribution in [0, 0.1) is 5.82 Å². The van der Waals surface area contributed by atoms with Gasteiger partial charge in [-0.15, -0.1) is 0 Å². The first-order chi connectivity index (χ1) is 17.3. The Morgan fingerprint density at radius 1 is 1.06 bits per heavy atom. The van der Waals surface area contributed by atoms with E-state index in [-0.39, 0.29) is 23.9 Å². The molecule has 0 N–H and O–H groups in total. The van der Waals surface area contributed by atoms with Gasteiger partial charge in [-0.1, -0.05) is 47.5 Å². The molecule has 36 heavy (non-hydrogen) atoms. The summed E-state index contributed by atoms with van der Waals surface area (Å²) in [5, 5.41) is 0.333. The highest BCUT2D eigenvalue weighted by Crippen LogP contribution is 2.40. The summed E-state index contributed by atoms with van der Waals surface area (Å²) in [4.78, 5) is 27.0. The molecular weight excluding hydrogens is 592 g/mol. The molecule has 3 aromatic rings. The van der Waals surface area contributed by atoms with Crippen molar-refractivity contribution >= 4 is 68.1 Å². The van der Waals surface area contributed by atoms with Gasteiger partial charge in [0.05, 0.1) is 22.5 Å². The zero-order valence-corrected chi connectivity index (χ0v) is 22.8. The molecule has 0 saturated carbocycles. The smallest absolute Gasteiger partial charge is 0.293 e. The second-order valence-electron chi connectivity index (χ2n) is 7.61. The molecule has 2 amide bonds. The number of amides is 2. The van der Waals surface area contributed by atoms with E-state index in [1.807, 2.05) is 6.92 Å². The molecule has 1 aliphatic heterocycles. The molecule has 4 rings (SSSR count). The monoisotopic (exact) mass is 609 g/mol. The van der Waals surface area contributed by atoms with Crippen LogP contribution in [0.2, 0.25) is 10.0 Å². The first-order valence-electron chi connectivity index (χ1n) is 10.8. The Kier molecular flexibility index (Phi) is 8.62. The second kappa shape index (κ2) is 11.7. The number of thioether (sulfide) groups is 1. The van der Waals surface area contributed by atoms with Crippen molar-refractivity contribution in [2.45, 2.75) is 20.1 Å². The number of carbonyl (C=O) groups excluding carboxylic acids is 2. The Labute approximate surface area is 230 Å². The standard InChI is InChI=1S/C26H19BrCl2FNO4S/c1-2-34-22-11-15(10-18(27)24(22)35-14-16-6-3-4-9-21(16)30)12-23-25(32)31(26(33)36-23)13-17-19(28)7-5-8-20(17)29/h3-12H,2,13-14H2,1H3/b23-12-. The van der Waals surface area contributed by atoms with Crippen molar-refractivity contribution in [3.05, 3.63) is 96.5 Å². The van der Waals surface area contributed by atoms with Gasteiger partial charge in [0.1, 0.15) is 12.4 Å². The van der Waals surface area contributed by atoms with Crippen molar-refractivity contribution in [2.75, 3.05) is 6.61 Å². The lowest BCUT2D eigenvalue weighted by Gasteiger charge is -2.15. The van der Waals surface area contributed by atoms with Crippen LogP contribution in [-0.4, -0.2) is 22.7 Å². The van der Waals surface area contributed by atoms with Gasteiger partial charge in [-0.25, -0.2) is 4.39 Å². The average Bonchev–Trinajstić information content (AvgIpc) is 3.09. The minimum Gasteiger partial charge on any atom is -0.490 e. The molecule has 186 valence electrons. The summed E-state index contributed by atoms with van der Waals surface area (Å²) in [5.41, 5.74) is 1.52. The molecular formula is C26H19BrCl2FNO4S. The molecule has 3 aromatic carbocycles. The van der Waals surface area contributed by atoms with Gasteiger partial charge in [0.2, 0.25) is 0 Å². The van der Waals surface area contributed by atoms with E-state index in [0.717, 1.165) is 16.7 Å². The van der Waals surface area contributed by atoms with Gasteiger partial charge in [0.15, 0.2) is 11.5 Å². The van der Waals surface area contributed by atoms with E-state index in [9.17, 15) is 14.0 Å². The van der Waals surface area contributed by atoms with Crippen LogP contribution in [0.5, 0.6) is 11.5 Å². The third-order valence-corrected chi connectivity index (χ3v) is 7.42. The largest absolute Gasteiger partial charge is 0.490 e. The maximum absolute atomic E-state index is 14.0. The number of carbonyl (C=O) groups is 2. The first-order valence-corrected chi connectivity index (χ1v) is 13.2. The van der Waals surface area contributed by atoms with Crippen molar-refractivity contribution in [3.63, 3.8) is 0 Å². The Bertz CT molecular complexity index is 1350. The van der Waals surface area contributed by atoms with Crippen LogP contribution < -0.4 is 9.47 Å². The molecule has 1 saturated heterocycles. The van der Waals surface area contributed by atoms with Crippen LogP contribution >= 0.6 is 50.9 Å². The van der Waals surface area contributed by atoms with Gasteiger partial charge in [0.25, 0.3) is 11.1 Å². The van der Waals surface area contributed by atoms with Crippen LogP contribution in [0.25, 0.3) is 6.08 Å². The van der Waals surface area contributed by atoms with E-state index < -0.39 is 11.1 Å². The number of imide groups is 1. The number of hydrogen-bond donors (Lipinski definition) is 0. The summed E-state index contributed by atoms with van der Waals surface area (Å²) in [7, 11) is 0. The minimum atomic E-state index is -0.449. The predicted octanol–water partition coefficient (Wildman–Crippen LogP) is 8.11. The minimum absolute atomic E-state index is 0.00812. The lowest BCUT2D eigenvalue weighted by atomic mass is 10.1. The third-order valence-electron chi connectivity index (χ3n) is 5.21. The topological polar surface area (TPSA) is 55.8 Å². The third kappa shape index (κ3) is 5.89. The number of ether oxygens (including phenoxy) is 2. The summed E-state index contributed by atoms with van der Waals surface area (Å²) in [6, 6.07) is 14.8. The highest BCUT2D eigenvalue weighted by atomic mass is 79.9. The molecule has 1 heterocycles. The number of nitrogens with zero attached hydrogens (tertiary/aromatic N) is 1. The van der Waals surface area contributed by atoms with E-state index in [0.29, 0.717) is 49.3 Å². The van der Waals surface area contributed by atoms with Crippen LogP contribution in [0.3, 0.4) is 0 Å². The normalized spacial score (nSPS) is 14.6. The molecule has 0 bridgehead atoms. The van der Waals surface area contributed by atoms with E-state index in [1.54, 1.807) is 54.6 Å². The maximum Gasteiger partial charge on any atom is 0.293 e. The molecule has 0 unspecified atom stereocenters. The van der Waals surface area contributed by atoms with Gasteiger partial charge < -0.3 is 9.47 Å². The van der Waals surface area contributed by atoms with Crippen LogP contribution in [0.15, 0.2) is 64.0 Å². The summed E-state index contributed by atoms with van der Waals surface area (Å²) < 4.78 is 26.2. The lowest BCUT2D eigenvalue weighted by Crippen LogP contribution is -2.27. The fraction of sp³-hybridized carbons (Fsp3) is 0.154. The first kappa shape index (κ1) is 26.5. The molecule has 0 spiro atoms. The van der Waals surface area contributed by atoms with Gasteiger partial charge in [-0.2, -0.15) is 0 Å². The Hall–Kier alpha value is -2.52. The van der Waals surface area contributed by atoms with E-state index >= 15 is 0 Å². The molecule has 10 heteroatoms. The predicted molar refractivity (Wildman–Crippen MR) is 144 cm³/mol. The van der Waals surface area contributed by atoms with Gasteiger partial charge in [-0.05, 0) is 76.6 Å². The number of halogens is 4. The molecule has 0 aromatic heterocycles. The average molecular weight is 611 g/mol. The lowest BCUT2D eigenvalue weighted by molar-refractivity contribution is -0.123. The van der Waals surface area contributed by atoms with E-state index in [4.69, 9.17) is 32.7 Å². The van der Waals surface area contributed by atoms with Crippen LogP contribution in [0.1, 0.15) is 23.6 Å². The molecule has 0 radical (unpaired) electrons. The zero-order valence-electron chi connectivity index (χ0n) is 18.9. The van der Waals surface area contributed by atoms with Gasteiger partial charge >= 0.3 is 0 Å². The summed E-state index contributed by atoms with van der Waals surface area (Å²) in [6.07, 6.45) is 1.60. The SMILES string of the molecule is CCOc1cc(/C=C2\SC(=O)N(Cc3c(Cl)cccc3Cl)C2=O)cc(Br)c1OCc1ccccc1F. The molecule has 0 atom stereocenters. The Balaban J connectivity index is 1.58. The summed E-state index contributed by atoms with van der Waals surface area (Å²) >= 11 is 16.7. The molecule has 0 aliphatic carbocycles. The van der Waals surface area contributed by atoms with Crippen LogP contribution in [-0.2, 0) is 17.9 Å². The van der Waals surface area contributed by atoms with Gasteiger partial charge in [0, 0.05) is 21.2 Å². The molecule has 1 fully saturated rings.